The van der Waals surface area contributed by atoms with Crippen LogP contribution >= 0.6 is 11.6 Å². The van der Waals surface area contributed by atoms with Crippen LogP contribution in [0.4, 0.5) is 14.5 Å². The van der Waals surface area contributed by atoms with Gasteiger partial charge in [-0.3, -0.25) is 4.79 Å². The standard InChI is InChI=1S/C21H18ClF2N3O3/c22-16-17-11(19(28)12(20(29)30)8-27(17)15-6-13(15)23)5-14(24)18(16)26-7-10-3-1-2-4-21(10,25)9-26/h1-5,8,10,13,15H,6-7,9,25H2,(H,29,30)/t10-,13?,15?,21-/m0/s1. The molecule has 3 N–H and O–H groups in total. The number of anilines is 1. The minimum Gasteiger partial charge on any atom is -0.477 e. The molecule has 2 aliphatic carbocycles. The Balaban J connectivity index is 1.73. The van der Waals surface area contributed by atoms with Crippen LogP contribution in [0.15, 0.2) is 41.4 Å². The fourth-order valence-electron chi connectivity index (χ4n) is 4.51. The van der Waals surface area contributed by atoms with Crippen molar-refractivity contribution in [1.29, 1.82) is 0 Å². The van der Waals surface area contributed by atoms with Gasteiger partial charge in [0.25, 0.3) is 0 Å². The van der Waals surface area contributed by atoms with E-state index in [2.05, 4.69) is 0 Å². The van der Waals surface area contributed by atoms with Crippen molar-refractivity contribution >= 4 is 34.2 Å². The lowest BCUT2D eigenvalue weighted by Crippen LogP contribution is -2.46. The highest BCUT2D eigenvalue weighted by Crippen LogP contribution is 2.45. The average Bonchev–Trinajstić information content (AvgIpc) is 3.29. The number of carboxylic acids is 1. The van der Waals surface area contributed by atoms with Crippen molar-refractivity contribution in [1.82, 2.24) is 4.57 Å². The molecule has 1 aliphatic heterocycles. The smallest absolute Gasteiger partial charge is 0.341 e. The molecule has 156 valence electrons. The van der Waals surface area contributed by atoms with Crippen LogP contribution < -0.4 is 16.1 Å². The number of fused-ring (bicyclic) bond motifs is 2. The molecule has 4 atom stereocenters. The molecular weight excluding hydrogens is 416 g/mol. The quantitative estimate of drug-likeness (QED) is 0.776. The number of carboxylic acid groups (broad SMARTS) is 1. The second-order valence-corrected chi connectivity index (χ2v) is 8.54. The number of aromatic nitrogens is 1. The second kappa shape index (κ2) is 6.39. The van der Waals surface area contributed by atoms with Crippen LogP contribution in [0.25, 0.3) is 10.9 Å². The minimum absolute atomic E-state index is 0.0381. The fourth-order valence-corrected chi connectivity index (χ4v) is 4.92. The summed E-state index contributed by atoms with van der Waals surface area (Å²) in [6.45, 7) is 0.735. The Bertz CT molecular complexity index is 1220. The zero-order valence-corrected chi connectivity index (χ0v) is 16.4. The van der Waals surface area contributed by atoms with Crippen LogP contribution in [0.2, 0.25) is 5.02 Å². The molecule has 0 bridgehead atoms. The van der Waals surface area contributed by atoms with Gasteiger partial charge in [0.1, 0.15) is 17.6 Å². The van der Waals surface area contributed by atoms with Crippen LogP contribution in [-0.2, 0) is 0 Å². The number of aromatic carboxylic acids is 1. The van der Waals surface area contributed by atoms with Gasteiger partial charge in [0.2, 0.25) is 5.43 Å². The first-order chi connectivity index (χ1) is 14.2. The lowest BCUT2D eigenvalue weighted by Gasteiger charge is -2.27. The van der Waals surface area contributed by atoms with Gasteiger partial charge in [-0.1, -0.05) is 35.9 Å². The van der Waals surface area contributed by atoms with Gasteiger partial charge >= 0.3 is 5.97 Å². The normalized spacial score (nSPS) is 29.5. The lowest BCUT2D eigenvalue weighted by atomic mass is 9.85. The maximum atomic E-state index is 15.2. The summed E-state index contributed by atoms with van der Waals surface area (Å²) >= 11 is 6.61. The SMILES string of the molecule is N[C@]12C=CC=C[C@H]1CN(c1c(F)cc3c(=O)c(C(=O)O)cn(C4CC4F)c3c1Cl)C2. The number of alkyl halides is 1. The van der Waals surface area contributed by atoms with Crippen molar-refractivity contribution < 1.29 is 18.7 Å². The zero-order valence-electron chi connectivity index (χ0n) is 15.7. The molecule has 2 heterocycles. The maximum Gasteiger partial charge on any atom is 0.341 e. The predicted octanol–water partition coefficient (Wildman–Crippen LogP) is 3.03. The number of nitrogens with zero attached hydrogens (tertiary/aromatic N) is 2. The van der Waals surface area contributed by atoms with Crippen LogP contribution in [-0.4, -0.2) is 40.4 Å². The van der Waals surface area contributed by atoms with Gasteiger partial charge in [-0.25, -0.2) is 13.6 Å². The van der Waals surface area contributed by atoms with Gasteiger partial charge in [0.15, 0.2) is 0 Å². The highest BCUT2D eigenvalue weighted by atomic mass is 35.5. The molecule has 1 aromatic heterocycles. The van der Waals surface area contributed by atoms with E-state index < -0.39 is 40.5 Å². The number of rotatable bonds is 3. The Hall–Kier alpha value is -2.71. The molecule has 6 nitrogen and oxygen atoms in total. The van der Waals surface area contributed by atoms with E-state index in [0.29, 0.717) is 13.1 Å². The van der Waals surface area contributed by atoms with Gasteiger partial charge in [-0.15, -0.1) is 0 Å². The Labute approximate surface area is 174 Å². The molecule has 1 saturated heterocycles. The van der Waals surface area contributed by atoms with Crippen molar-refractivity contribution in [2.45, 2.75) is 24.2 Å². The molecular formula is C21H18ClF2N3O3. The van der Waals surface area contributed by atoms with E-state index in [4.69, 9.17) is 17.3 Å². The summed E-state index contributed by atoms with van der Waals surface area (Å²) in [4.78, 5) is 25.9. The van der Waals surface area contributed by atoms with E-state index in [1.54, 1.807) is 4.90 Å². The van der Waals surface area contributed by atoms with Gasteiger partial charge in [-0.2, -0.15) is 0 Å². The molecule has 2 aromatic rings. The summed E-state index contributed by atoms with van der Waals surface area (Å²) in [7, 11) is 0. The molecule has 2 unspecified atom stereocenters. The van der Waals surface area contributed by atoms with E-state index in [1.165, 1.54) is 4.57 Å². The number of halogens is 3. The monoisotopic (exact) mass is 433 g/mol. The summed E-state index contributed by atoms with van der Waals surface area (Å²) in [6.07, 6.45) is 7.66. The van der Waals surface area contributed by atoms with E-state index in [0.717, 1.165) is 12.3 Å². The van der Waals surface area contributed by atoms with E-state index in [1.807, 2.05) is 24.3 Å². The third-order valence-corrected chi connectivity index (χ3v) is 6.56. The van der Waals surface area contributed by atoms with Crippen molar-refractivity contribution in [3.8, 4) is 0 Å². The van der Waals surface area contributed by atoms with Crippen molar-refractivity contribution in [3.05, 3.63) is 63.2 Å². The summed E-state index contributed by atoms with van der Waals surface area (Å²) < 4.78 is 30.4. The Morgan fingerprint density at radius 3 is 2.73 bits per heavy atom. The highest BCUT2D eigenvalue weighted by molar-refractivity contribution is 6.38. The van der Waals surface area contributed by atoms with Crippen molar-refractivity contribution in [3.63, 3.8) is 0 Å². The van der Waals surface area contributed by atoms with E-state index in [-0.39, 0.29) is 34.0 Å². The molecule has 0 amide bonds. The number of pyridine rings is 1. The largest absolute Gasteiger partial charge is 0.477 e. The first kappa shape index (κ1) is 19.3. The number of hydrogen-bond donors (Lipinski definition) is 2. The van der Waals surface area contributed by atoms with Gasteiger partial charge in [0, 0.05) is 31.6 Å². The van der Waals surface area contributed by atoms with E-state index in [9.17, 15) is 19.1 Å². The predicted molar refractivity (Wildman–Crippen MR) is 110 cm³/mol. The second-order valence-electron chi connectivity index (χ2n) is 8.16. The molecule has 5 rings (SSSR count). The Kier molecular flexibility index (Phi) is 4.10. The average molecular weight is 434 g/mol. The number of allylic oxidation sites excluding steroid dienone is 2. The summed E-state index contributed by atoms with van der Waals surface area (Å²) in [5.74, 6) is -2.25. The fraction of sp³-hybridized carbons (Fsp3) is 0.333. The number of hydrogen-bond acceptors (Lipinski definition) is 4. The highest BCUT2D eigenvalue weighted by Gasteiger charge is 2.44. The van der Waals surface area contributed by atoms with Crippen molar-refractivity contribution in [2.75, 3.05) is 18.0 Å². The summed E-state index contributed by atoms with van der Waals surface area (Å²) in [5.41, 5.74) is 4.62. The minimum atomic E-state index is -1.46. The molecule has 30 heavy (non-hydrogen) atoms. The van der Waals surface area contributed by atoms with Crippen molar-refractivity contribution in [2.24, 2.45) is 11.7 Å². The number of benzene rings is 1. The molecule has 2 fully saturated rings. The van der Waals surface area contributed by atoms with Crippen LogP contribution in [0.5, 0.6) is 0 Å². The molecule has 3 aliphatic rings. The molecule has 1 saturated carbocycles. The third kappa shape index (κ3) is 2.70. The Morgan fingerprint density at radius 1 is 1.37 bits per heavy atom. The molecule has 0 spiro atoms. The first-order valence-corrected chi connectivity index (χ1v) is 9.93. The molecule has 1 aromatic carbocycles. The first-order valence-electron chi connectivity index (χ1n) is 9.55. The van der Waals surface area contributed by atoms with E-state index >= 15 is 4.39 Å². The van der Waals surface area contributed by atoms with Crippen LogP contribution in [0.1, 0.15) is 22.8 Å². The maximum absolute atomic E-state index is 15.2. The van der Waals surface area contributed by atoms with Crippen LogP contribution in [0, 0.1) is 11.7 Å². The Morgan fingerprint density at radius 2 is 2.10 bits per heavy atom. The number of carbonyl (C=O) groups is 1. The zero-order chi connectivity index (χ0) is 21.4. The van der Waals surface area contributed by atoms with Gasteiger partial charge in [0.05, 0.1) is 33.2 Å². The third-order valence-electron chi connectivity index (χ3n) is 6.20. The molecule has 0 radical (unpaired) electrons. The topological polar surface area (TPSA) is 88.6 Å². The van der Waals surface area contributed by atoms with Gasteiger partial charge in [-0.05, 0) is 6.07 Å². The summed E-state index contributed by atoms with van der Waals surface area (Å²) in [5, 5.41) is 9.13. The lowest BCUT2D eigenvalue weighted by molar-refractivity contribution is 0.0694. The van der Waals surface area contributed by atoms with Crippen LogP contribution in [0.3, 0.4) is 0 Å². The number of nitrogens with two attached hydrogens (primary N) is 1. The molecule has 9 heteroatoms. The summed E-state index contributed by atoms with van der Waals surface area (Å²) in [6, 6.07) is 0.351. The van der Waals surface area contributed by atoms with Gasteiger partial charge < -0.3 is 20.3 Å².